The fraction of sp³-hybridized carbons (Fsp3) is 0.333. The van der Waals surface area contributed by atoms with Crippen molar-refractivity contribution in [3.63, 3.8) is 0 Å². The Bertz CT molecular complexity index is 267. The summed E-state index contributed by atoms with van der Waals surface area (Å²) in [5.41, 5.74) is 0.688. The summed E-state index contributed by atoms with van der Waals surface area (Å²) in [6.45, 7) is 3.37. The Hall–Kier alpha value is -0.920. The zero-order chi connectivity index (χ0) is 8.43. The van der Waals surface area contributed by atoms with Crippen LogP contribution in [-0.4, -0.2) is 0 Å². The maximum absolute atomic E-state index is 13.0. The van der Waals surface area contributed by atoms with E-state index in [4.69, 9.17) is 0 Å². The molecular weight excluding hydrogens is 146 g/mol. The molecule has 11 heavy (non-hydrogen) atoms. The lowest BCUT2D eigenvalue weighted by atomic mass is 10.1. The van der Waals surface area contributed by atoms with E-state index >= 15 is 0 Å². The summed E-state index contributed by atoms with van der Waals surface area (Å²) in [5, 5.41) is 0. The average Bonchev–Trinajstić information content (AvgIpc) is 1.99. The van der Waals surface area contributed by atoms with E-state index in [-0.39, 0.29) is 5.56 Å². The average molecular weight is 156 g/mol. The molecule has 0 aromatic heterocycles. The second kappa shape index (κ2) is 2.99. The molecule has 0 saturated heterocycles. The van der Waals surface area contributed by atoms with Crippen molar-refractivity contribution >= 4 is 0 Å². The van der Waals surface area contributed by atoms with E-state index < -0.39 is 11.6 Å². The normalized spacial score (nSPS) is 10.2. The minimum Gasteiger partial charge on any atom is -0.207 e. The molecule has 0 bridgehead atoms. The van der Waals surface area contributed by atoms with Crippen LogP contribution in [0, 0.1) is 18.6 Å². The van der Waals surface area contributed by atoms with Crippen molar-refractivity contribution < 1.29 is 8.78 Å². The third kappa shape index (κ3) is 1.39. The first-order valence-electron chi connectivity index (χ1n) is 3.60. The molecule has 0 radical (unpaired) electrons. The predicted molar refractivity (Wildman–Crippen MR) is 40.5 cm³/mol. The van der Waals surface area contributed by atoms with Crippen molar-refractivity contribution in [3.8, 4) is 0 Å². The highest BCUT2D eigenvalue weighted by Crippen LogP contribution is 2.16. The quantitative estimate of drug-likeness (QED) is 0.586. The SMILES string of the molecule is CCc1c(F)ccc(C)c1F. The number of hydrogen-bond acceptors (Lipinski definition) is 0. The summed E-state index contributed by atoms with van der Waals surface area (Å²) in [7, 11) is 0. The molecule has 0 saturated carbocycles. The molecule has 0 aliphatic carbocycles. The van der Waals surface area contributed by atoms with Gasteiger partial charge in [0.1, 0.15) is 11.6 Å². The Kier molecular flexibility index (Phi) is 2.22. The van der Waals surface area contributed by atoms with Crippen LogP contribution in [0.1, 0.15) is 18.1 Å². The Morgan fingerprint density at radius 2 is 1.91 bits per heavy atom. The zero-order valence-corrected chi connectivity index (χ0v) is 6.62. The van der Waals surface area contributed by atoms with Gasteiger partial charge in [-0.1, -0.05) is 13.0 Å². The Morgan fingerprint density at radius 1 is 1.27 bits per heavy atom. The van der Waals surface area contributed by atoms with Crippen LogP contribution in [0.2, 0.25) is 0 Å². The van der Waals surface area contributed by atoms with Crippen molar-refractivity contribution in [1.82, 2.24) is 0 Å². The second-order valence-corrected chi connectivity index (χ2v) is 2.51. The topological polar surface area (TPSA) is 0 Å². The molecule has 0 heterocycles. The standard InChI is InChI=1S/C9H10F2/c1-3-7-8(10)5-4-6(2)9(7)11/h4-5H,3H2,1-2H3. The van der Waals surface area contributed by atoms with E-state index in [1.807, 2.05) is 0 Å². The molecule has 0 fully saturated rings. The molecule has 1 aromatic rings. The molecule has 0 unspecified atom stereocenters. The van der Waals surface area contributed by atoms with Gasteiger partial charge in [-0.15, -0.1) is 0 Å². The third-order valence-electron chi connectivity index (χ3n) is 1.73. The van der Waals surface area contributed by atoms with E-state index in [2.05, 4.69) is 0 Å². The zero-order valence-electron chi connectivity index (χ0n) is 6.62. The summed E-state index contributed by atoms with van der Waals surface area (Å²) in [6, 6.07) is 2.75. The molecule has 60 valence electrons. The third-order valence-corrected chi connectivity index (χ3v) is 1.73. The van der Waals surface area contributed by atoms with E-state index in [1.54, 1.807) is 13.8 Å². The van der Waals surface area contributed by atoms with Gasteiger partial charge >= 0.3 is 0 Å². The molecule has 0 nitrogen and oxygen atoms in total. The molecule has 0 amide bonds. The number of rotatable bonds is 1. The van der Waals surface area contributed by atoms with Gasteiger partial charge < -0.3 is 0 Å². The van der Waals surface area contributed by atoms with Crippen molar-refractivity contribution in [2.75, 3.05) is 0 Å². The van der Waals surface area contributed by atoms with Gasteiger partial charge in [0.25, 0.3) is 0 Å². The summed E-state index contributed by atoms with van der Waals surface area (Å²) in [5.74, 6) is -0.858. The van der Waals surface area contributed by atoms with Crippen molar-refractivity contribution in [1.29, 1.82) is 0 Å². The van der Waals surface area contributed by atoms with Gasteiger partial charge in [0.05, 0.1) is 0 Å². The van der Waals surface area contributed by atoms with Crippen molar-refractivity contribution in [2.24, 2.45) is 0 Å². The molecule has 0 spiro atoms. The first-order valence-corrected chi connectivity index (χ1v) is 3.60. The molecular formula is C9H10F2. The first-order chi connectivity index (χ1) is 5.16. The molecule has 0 atom stereocenters. The van der Waals surface area contributed by atoms with Gasteiger partial charge in [0.2, 0.25) is 0 Å². The molecule has 1 aromatic carbocycles. The Morgan fingerprint density at radius 3 is 2.36 bits per heavy atom. The van der Waals surface area contributed by atoms with E-state index in [9.17, 15) is 8.78 Å². The summed E-state index contributed by atoms with van der Waals surface area (Å²) in [6.07, 6.45) is 0.402. The monoisotopic (exact) mass is 156 g/mol. The fourth-order valence-electron chi connectivity index (χ4n) is 1.04. The predicted octanol–water partition coefficient (Wildman–Crippen LogP) is 2.84. The lowest BCUT2D eigenvalue weighted by Gasteiger charge is -2.03. The van der Waals surface area contributed by atoms with Gasteiger partial charge in [0.15, 0.2) is 0 Å². The highest BCUT2D eigenvalue weighted by atomic mass is 19.1. The van der Waals surface area contributed by atoms with Gasteiger partial charge in [0, 0.05) is 5.56 Å². The lowest BCUT2D eigenvalue weighted by Crippen LogP contribution is -1.95. The van der Waals surface area contributed by atoms with Crippen LogP contribution in [0.3, 0.4) is 0 Å². The first kappa shape index (κ1) is 8.18. The van der Waals surface area contributed by atoms with Crippen molar-refractivity contribution in [3.05, 3.63) is 34.9 Å². The van der Waals surface area contributed by atoms with Crippen LogP contribution in [0.4, 0.5) is 8.78 Å². The maximum atomic E-state index is 13.0. The van der Waals surface area contributed by atoms with Gasteiger partial charge in [-0.05, 0) is 25.0 Å². The number of halogens is 2. The summed E-state index contributed by atoms with van der Waals surface area (Å²) in [4.78, 5) is 0. The van der Waals surface area contributed by atoms with Crippen LogP contribution >= 0.6 is 0 Å². The molecule has 2 heteroatoms. The Balaban J connectivity index is 3.29. The molecule has 0 N–H and O–H groups in total. The fourth-order valence-corrected chi connectivity index (χ4v) is 1.04. The van der Waals surface area contributed by atoms with Crippen LogP contribution in [0.15, 0.2) is 12.1 Å². The smallest absolute Gasteiger partial charge is 0.132 e. The summed E-state index contributed by atoms with van der Waals surface area (Å²) < 4.78 is 25.8. The van der Waals surface area contributed by atoms with Crippen LogP contribution in [0.5, 0.6) is 0 Å². The highest BCUT2D eigenvalue weighted by molar-refractivity contribution is 5.26. The number of benzene rings is 1. The van der Waals surface area contributed by atoms with Crippen molar-refractivity contribution in [2.45, 2.75) is 20.3 Å². The lowest BCUT2D eigenvalue weighted by molar-refractivity contribution is 0.553. The molecule has 0 aliphatic rings. The minimum atomic E-state index is -0.449. The molecule has 0 aliphatic heterocycles. The van der Waals surface area contributed by atoms with Gasteiger partial charge in [-0.25, -0.2) is 8.78 Å². The second-order valence-electron chi connectivity index (χ2n) is 2.51. The summed E-state index contributed by atoms with van der Waals surface area (Å²) >= 11 is 0. The minimum absolute atomic E-state index is 0.185. The highest BCUT2D eigenvalue weighted by Gasteiger charge is 2.07. The van der Waals surface area contributed by atoms with E-state index in [0.29, 0.717) is 12.0 Å². The maximum Gasteiger partial charge on any atom is 0.132 e. The largest absolute Gasteiger partial charge is 0.207 e. The van der Waals surface area contributed by atoms with Gasteiger partial charge in [-0.3, -0.25) is 0 Å². The number of hydrogen-bond donors (Lipinski definition) is 0. The van der Waals surface area contributed by atoms with Crippen LogP contribution in [0.25, 0.3) is 0 Å². The van der Waals surface area contributed by atoms with Crippen LogP contribution in [-0.2, 0) is 6.42 Å². The van der Waals surface area contributed by atoms with E-state index in [0.717, 1.165) is 0 Å². The Labute approximate surface area is 64.9 Å². The number of aryl methyl sites for hydroxylation is 1. The van der Waals surface area contributed by atoms with E-state index in [1.165, 1.54) is 12.1 Å². The van der Waals surface area contributed by atoms with Gasteiger partial charge in [-0.2, -0.15) is 0 Å². The molecule has 1 rings (SSSR count). The van der Waals surface area contributed by atoms with Crippen LogP contribution < -0.4 is 0 Å².